The molecule has 0 atom stereocenters. The SMILES string of the molecule is CCCCCCOC(=O)OCCCCCCO. The lowest BCUT2D eigenvalue weighted by Crippen LogP contribution is -2.09. The van der Waals surface area contributed by atoms with Gasteiger partial charge in [-0.3, -0.25) is 0 Å². The second-order valence-corrected chi connectivity index (χ2v) is 4.15. The number of carbonyl (C=O) groups is 1. The van der Waals surface area contributed by atoms with E-state index in [1.54, 1.807) is 0 Å². The van der Waals surface area contributed by atoms with Gasteiger partial charge in [-0.1, -0.05) is 32.6 Å². The summed E-state index contributed by atoms with van der Waals surface area (Å²) in [5.41, 5.74) is 0. The summed E-state index contributed by atoms with van der Waals surface area (Å²) in [7, 11) is 0. The van der Waals surface area contributed by atoms with Gasteiger partial charge in [-0.15, -0.1) is 0 Å². The minimum absolute atomic E-state index is 0.237. The van der Waals surface area contributed by atoms with E-state index in [2.05, 4.69) is 6.92 Å². The summed E-state index contributed by atoms with van der Waals surface area (Å²) in [6, 6.07) is 0. The standard InChI is InChI=1S/C13H26O4/c1-2-3-4-8-11-16-13(15)17-12-9-6-5-7-10-14/h14H,2-12H2,1H3. The van der Waals surface area contributed by atoms with Crippen molar-refractivity contribution in [1.82, 2.24) is 0 Å². The molecular weight excluding hydrogens is 220 g/mol. The molecule has 4 nitrogen and oxygen atoms in total. The number of hydrogen-bond acceptors (Lipinski definition) is 4. The first-order valence-corrected chi connectivity index (χ1v) is 6.71. The van der Waals surface area contributed by atoms with Gasteiger partial charge in [0.2, 0.25) is 0 Å². The van der Waals surface area contributed by atoms with E-state index in [1.807, 2.05) is 0 Å². The topological polar surface area (TPSA) is 55.8 Å². The van der Waals surface area contributed by atoms with Crippen molar-refractivity contribution in [3.05, 3.63) is 0 Å². The fourth-order valence-corrected chi connectivity index (χ4v) is 1.45. The molecule has 0 aliphatic carbocycles. The molecule has 0 rings (SSSR count). The monoisotopic (exact) mass is 246 g/mol. The number of hydrogen-bond donors (Lipinski definition) is 1. The molecule has 0 saturated heterocycles. The molecule has 0 aromatic carbocycles. The van der Waals surface area contributed by atoms with E-state index in [4.69, 9.17) is 14.6 Å². The molecule has 0 aliphatic heterocycles. The van der Waals surface area contributed by atoms with Crippen molar-refractivity contribution in [2.24, 2.45) is 0 Å². The first kappa shape index (κ1) is 16.2. The Morgan fingerprint density at radius 3 is 1.94 bits per heavy atom. The molecule has 0 bridgehead atoms. The average Bonchev–Trinajstić information content (AvgIpc) is 2.33. The van der Waals surface area contributed by atoms with Crippen LogP contribution in [0.1, 0.15) is 58.3 Å². The van der Waals surface area contributed by atoms with Gasteiger partial charge in [-0.2, -0.15) is 0 Å². The van der Waals surface area contributed by atoms with Crippen LogP contribution in [0.5, 0.6) is 0 Å². The first-order chi connectivity index (χ1) is 8.31. The molecule has 0 radical (unpaired) electrons. The van der Waals surface area contributed by atoms with E-state index in [0.29, 0.717) is 13.2 Å². The molecule has 17 heavy (non-hydrogen) atoms. The summed E-state index contributed by atoms with van der Waals surface area (Å²) in [6.45, 7) is 3.26. The Morgan fingerprint density at radius 2 is 1.41 bits per heavy atom. The van der Waals surface area contributed by atoms with Crippen molar-refractivity contribution in [2.75, 3.05) is 19.8 Å². The number of unbranched alkanes of at least 4 members (excludes halogenated alkanes) is 6. The Balaban J connectivity index is 3.12. The maximum absolute atomic E-state index is 11.1. The number of aliphatic hydroxyl groups excluding tert-OH is 1. The zero-order valence-electron chi connectivity index (χ0n) is 11.0. The largest absolute Gasteiger partial charge is 0.508 e. The number of rotatable bonds is 11. The van der Waals surface area contributed by atoms with Crippen LogP contribution < -0.4 is 0 Å². The predicted molar refractivity (Wildman–Crippen MR) is 67.0 cm³/mol. The summed E-state index contributed by atoms with van der Waals surface area (Å²) >= 11 is 0. The highest BCUT2D eigenvalue weighted by atomic mass is 16.7. The Labute approximate surface area is 104 Å². The first-order valence-electron chi connectivity index (χ1n) is 6.71. The van der Waals surface area contributed by atoms with Crippen molar-refractivity contribution in [1.29, 1.82) is 0 Å². The lowest BCUT2D eigenvalue weighted by atomic mass is 10.2. The molecule has 0 aliphatic rings. The fourth-order valence-electron chi connectivity index (χ4n) is 1.45. The van der Waals surface area contributed by atoms with Gasteiger partial charge in [0.15, 0.2) is 0 Å². The predicted octanol–water partition coefficient (Wildman–Crippen LogP) is 3.27. The lowest BCUT2D eigenvalue weighted by Gasteiger charge is -2.05. The van der Waals surface area contributed by atoms with E-state index in [-0.39, 0.29) is 6.61 Å². The molecule has 0 amide bonds. The van der Waals surface area contributed by atoms with E-state index in [9.17, 15) is 4.79 Å². The molecule has 102 valence electrons. The normalized spacial score (nSPS) is 10.2. The Bertz CT molecular complexity index is 171. The van der Waals surface area contributed by atoms with Gasteiger partial charge in [0, 0.05) is 6.61 Å². The van der Waals surface area contributed by atoms with Crippen molar-refractivity contribution in [3.63, 3.8) is 0 Å². The van der Waals surface area contributed by atoms with Crippen molar-refractivity contribution < 1.29 is 19.4 Å². The third-order valence-corrected chi connectivity index (χ3v) is 2.49. The smallest absolute Gasteiger partial charge is 0.434 e. The van der Waals surface area contributed by atoms with Gasteiger partial charge < -0.3 is 14.6 Å². The van der Waals surface area contributed by atoms with Crippen LogP contribution in [0.15, 0.2) is 0 Å². The Kier molecular flexibility index (Phi) is 12.7. The Hall–Kier alpha value is -0.770. The second-order valence-electron chi connectivity index (χ2n) is 4.15. The third kappa shape index (κ3) is 13.2. The van der Waals surface area contributed by atoms with Gasteiger partial charge in [-0.05, 0) is 25.7 Å². The highest BCUT2D eigenvalue weighted by Gasteiger charge is 2.02. The minimum Gasteiger partial charge on any atom is -0.434 e. The maximum Gasteiger partial charge on any atom is 0.508 e. The van der Waals surface area contributed by atoms with Crippen molar-refractivity contribution in [3.8, 4) is 0 Å². The van der Waals surface area contributed by atoms with Gasteiger partial charge in [-0.25, -0.2) is 4.79 Å². The third-order valence-electron chi connectivity index (χ3n) is 2.49. The summed E-state index contributed by atoms with van der Waals surface area (Å²) in [5, 5.41) is 8.56. The number of aliphatic hydroxyl groups is 1. The van der Waals surface area contributed by atoms with Crippen LogP contribution >= 0.6 is 0 Å². The average molecular weight is 246 g/mol. The molecule has 0 aromatic rings. The van der Waals surface area contributed by atoms with Gasteiger partial charge in [0.1, 0.15) is 0 Å². The molecule has 4 heteroatoms. The molecular formula is C13H26O4. The summed E-state index contributed by atoms with van der Waals surface area (Å²) in [6.07, 6.45) is 7.44. The summed E-state index contributed by atoms with van der Waals surface area (Å²) < 4.78 is 9.82. The zero-order valence-corrected chi connectivity index (χ0v) is 11.0. The van der Waals surface area contributed by atoms with E-state index in [1.165, 1.54) is 12.8 Å². The van der Waals surface area contributed by atoms with Crippen LogP contribution in [0, 0.1) is 0 Å². The maximum atomic E-state index is 11.1. The van der Waals surface area contributed by atoms with Crippen LogP contribution in [0.4, 0.5) is 4.79 Å². The summed E-state index contributed by atoms with van der Waals surface area (Å²) in [5.74, 6) is 0. The molecule has 0 saturated carbocycles. The molecule has 1 N–H and O–H groups in total. The number of carbonyl (C=O) groups excluding carboxylic acids is 1. The lowest BCUT2D eigenvalue weighted by molar-refractivity contribution is 0.0528. The molecule has 0 aromatic heterocycles. The van der Waals surface area contributed by atoms with E-state index in [0.717, 1.165) is 38.5 Å². The summed E-state index contributed by atoms with van der Waals surface area (Å²) in [4.78, 5) is 11.1. The molecule has 0 unspecified atom stereocenters. The molecule has 0 heterocycles. The van der Waals surface area contributed by atoms with Gasteiger partial charge >= 0.3 is 6.16 Å². The number of ether oxygens (including phenoxy) is 2. The van der Waals surface area contributed by atoms with Gasteiger partial charge in [0.25, 0.3) is 0 Å². The molecule has 0 spiro atoms. The van der Waals surface area contributed by atoms with Crippen LogP contribution in [0.25, 0.3) is 0 Å². The van der Waals surface area contributed by atoms with Crippen molar-refractivity contribution >= 4 is 6.16 Å². The second kappa shape index (κ2) is 13.3. The van der Waals surface area contributed by atoms with Crippen LogP contribution in [-0.2, 0) is 9.47 Å². The van der Waals surface area contributed by atoms with E-state index < -0.39 is 6.16 Å². The highest BCUT2D eigenvalue weighted by molar-refractivity contribution is 5.59. The van der Waals surface area contributed by atoms with Gasteiger partial charge in [0.05, 0.1) is 13.2 Å². The van der Waals surface area contributed by atoms with Crippen molar-refractivity contribution in [2.45, 2.75) is 58.3 Å². The highest BCUT2D eigenvalue weighted by Crippen LogP contribution is 2.02. The van der Waals surface area contributed by atoms with Crippen LogP contribution in [0.3, 0.4) is 0 Å². The quantitative estimate of drug-likeness (QED) is 0.449. The molecule has 0 fully saturated rings. The fraction of sp³-hybridized carbons (Fsp3) is 0.923. The zero-order chi connectivity index (χ0) is 12.8. The van der Waals surface area contributed by atoms with Crippen LogP contribution in [-0.4, -0.2) is 31.1 Å². The van der Waals surface area contributed by atoms with E-state index >= 15 is 0 Å². The Morgan fingerprint density at radius 1 is 0.882 bits per heavy atom. The minimum atomic E-state index is -0.552. The van der Waals surface area contributed by atoms with Crippen LogP contribution in [0.2, 0.25) is 0 Å².